The van der Waals surface area contributed by atoms with Crippen molar-refractivity contribution < 1.29 is 31.1 Å². The number of hydrogen-bond acceptors (Lipinski definition) is 3. The molecule has 2 atom stereocenters. The van der Waals surface area contributed by atoms with Crippen molar-refractivity contribution in [1.29, 1.82) is 0 Å². The highest BCUT2D eigenvalue weighted by Crippen LogP contribution is 2.38. The number of primary amides is 1. The van der Waals surface area contributed by atoms with Crippen molar-refractivity contribution in [3.05, 3.63) is 58.4 Å². The first-order valence-corrected chi connectivity index (χ1v) is 9.13. The summed E-state index contributed by atoms with van der Waals surface area (Å²) in [5, 5.41) is 1.14. The molecule has 11 heteroatoms. The van der Waals surface area contributed by atoms with Crippen LogP contribution in [0.25, 0.3) is 0 Å². The normalized spacial score (nSPS) is 15.0. The highest BCUT2D eigenvalue weighted by molar-refractivity contribution is 9.12. The largest absolute Gasteiger partial charge is 0.416 e. The summed E-state index contributed by atoms with van der Waals surface area (Å²) in [6.45, 7) is 6.91. The Hall–Kier alpha value is -2.01. The van der Waals surface area contributed by atoms with E-state index in [4.69, 9.17) is 5.73 Å². The van der Waals surface area contributed by atoms with Crippen LogP contribution in [0.5, 0.6) is 0 Å². The Bertz CT molecular complexity index is 744. The predicted octanol–water partition coefficient (Wildman–Crippen LogP) is 5.48. The second-order valence-electron chi connectivity index (χ2n) is 6.26. The van der Waals surface area contributed by atoms with Gasteiger partial charge in [-0.15, -0.1) is 0 Å². The minimum absolute atomic E-state index is 0.0754. The molecule has 0 aliphatic carbocycles. The molecule has 1 aromatic rings. The molecule has 29 heavy (non-hydrogen) atoms. The van der Waals surface area contributed by atoms with E-state index < -0.39 is 35.4 Å². The number of hydrogen-bond donors (Lipinski definition) is 2. The second-order valence-corrected chi connectivity index (χ2v) is 7.12. The molecule has 0 fully saturated rings. The number of benzene rings is 1. The zero-order valence-corrected chi connectivity index (χ0v) is 17.1. The van der Waals surface area contributed by atoms with Crippen molar-refractivity contribution >= 4 is 21.8 Å². The third-order valence-electron chi connectivity index (χ3n) is 4.15. The molecule has 0 aliphatic rings. The van der Waals surface area contributed by atoms with Crippen LogP contribution in [-0.4, -0.2) is 10.9 Å². The van der Waals surface area contributed by atoms with Gasteiger partial charge in [-0.25, -0.2) is 5.43 Å². The summed E-state index contributed by atoms with van der Waals surface area (Å²) in [5.74, 6) is -1.19. The lowest BCUT2D eigenvalue weighted by Crippen LogP contribution is -2.37. The van der Waals surface area contributed by atoms with Crippen LogP contribution in [0.2, 0.25) is 0 Å². The number of carbonyl (C=O) groups excluding carboxylic acids is 1. The van der Waals surface area contributed by atoms with Crippen LogP contribution >= 0.6 is 15.9 Å². The summed E-state index contributed by atoms with van der Waals surface area (Å²) >= 11 is 2.92. The van der Waals surface area contributed by atoms with Gasteiger partial charge in [-0.3, -0.25) is 9.80 Å². The van der Waals surface area contributed by atoms with Gasteiger partial charge in [0.15, 0.2) is 0 Å². The van der Waals surface area contributed by atoms with E-state index in [1.165, 1.54) is 12.4 Å². The zero-order valence-electron chi connectivity index (χ0n) is 15.5. The van der Waals surface area contributed by atoms with Gasteiger partial charge in [0.1, 0.15) is 0 Å². The fourth-order valence-electron chi connectivity index (χ4n) is 2.41. The molecule has 2 unspecified atom stereocenters. The summed E-state index contributed by atoms with van der Waals surface area (Å²) in [6.07, 6.45) is -7.10. The lowest BCUT2D eigenvalue weighted by atomic mass is 9.90. The first-order valence-electron chi connectivity index (χ1n) is 8.34. The van der Waals surface area contributed by atoms with Gasteiger partial charge in [0.25, 0.3) is 5.91 Å². The molecule has 0 radical (unpaired) electrons. The summed E-state index contributed by atoms with van der Waals surface area (Å²) < 4.78 is 79.1. The van der Waals surface area contributed by atoms with Crippen LogP contribution in [0, 0.1) is 5.92 Å². The standard InChI is InChI=1S/C18H20BrF6N3O/c1-4-10(3)15(27-28(5-2)9-14(19)16(26)29)11-6-12(17(20,21)22)8-13(7-11)18(23,24)25/h5-10,15,27H,2,4H2,1,3H3,(H2,26,29)/b14-9+. The molecule has 0 bridgehead atoms. The van der Waals surface area contributed by atoms with Crippen LogP contribution < -0.4 is 11.2 Å². The third kappa shape index (κ3) is 7.07. The van der Waals surface area contributed by atoms with E-state index in [0.29, 0.717) is 18.6 Å². The van der Waals surface area contributed by atoms with Crippen molar-refractivity contribution in [2.75, 3.05) is 0 Å². The molecule has 1 aromatic carbocycles. The molecule has 0 aliphatic heterocycles. The third-order valence-corrected chi connectivity index (χ3v) is 4.75. The minimum Gasteiger partial charge on any atom is -0.365 e. The quantitative estimate of drug-likeness (QED) is 0.290. The Kier molecular flexibility index (Phi) is 8.34. The van der Waals surface area contributed by atoms with Crippen molar-refractivity contribution in [3.8, 4) is 0 Å². The smallest absolute Gasteiger partial charge is 0.365 e. The molecule has 0 saturated carbocycles. The molecule has 0 heterocycles. The monoisotopic (exact) mass is 487 g/mol. The van der Waals surface area contributed by atoms with Crippen molar-refractivity contribution in [3.63, 3.8) is 0 Å². The maximum atomic E-state index is 13.2. The summed E-state index contributed by atoms with van der Waals surface area (Å²) in [6, 6.07) is 0.470. The Balaban J connectivity index is 3.53. The van der Waals surface area contributed by atoms with E-state index in [0.717, 1.165) is 5.01 Å². The molecular formula is C18H20BrF6N3O. The van der Waals surface area contributed by atoms with E-state index >= 15 is 0 Å². The van der Waals surface area contributed by atoms with Crippen molar-refractivity contribution in [2.24, 2.45) is 11.7 Å². The molecule has 1 amide bonds. The number of nitrogens with zero attached hydrogens (tertiary/aromatic N) is 1. The van der Waals surface area contributed by atoms with Gasteiger partial charge >= 0.3 is 12.4 Å². The Morgan fingerprint density at radius 1 is 1.21 bits per heavy atom. The summed E-state index contributed by atoms with van der Waals surface area (Å²) in [7, 11) is 0. The topological polar surface area (TPSA) is 58.4 Å². The van der Waals surface area contributed by atoms with Crippen molar-refractivity contribution in [2.45, 2.75) is 38.7 Å². The molecule has 0 aromatic heterocycles. The highest BCUT2D eigenvalue weighted by Gasteiger charge is 2.38. The fourth-order valence-corrected chi connectivity index (χ4v) is 2.63. The average Bonchev–Trinajstić information content (AvgIpc) is 2.62. The van der Waals surface area contributed by atoms with Gasteiger partial charge in [0, 0.05) is 12.4 Å². The van der Waals surface area contributed by atoms with Gasteiger partial charge in [0.05, 0.1) is 21.7 Å². The highest BCUT2D eigenvalue weighted by atomic mass is 79.9. The van der Waals surface area contributed by atoms with Gasteiger partial charge in [-0.05, 0) is 45.6 Å². The van der Waals surface area contributed by atoms with E-state index in [2.05, 4.69) is 27.9 Å². The van der Waals surface area contributed by atoms with E-state index in [1.807, 2.05) is 0 Å². The SMILES string of the molecule is C=CN(/C=C(/Br)C(N)=O)NC(c1cc(C(F)(F)F)cc(C(F)(F)F)c1)C(C)CC. The van der Waals surface area contributed by atoms with Crippen LogP contribution in [0.15, 0.2) is 41.7 Å². The molecule has 3 N–H and O–H groups in total. The zero-order chi connectivity index (χ0) is 22.6. The Morgan fingerprint density at radius 2 is 1.69 bits per heavy atom. The molecule has 0 spiro atoms. The first-order chi connectivity index (χ1) is 13.2. The minimum atomic E-state index is -4.96. The average molecular weight is 488 g/mol. The molecule has 1 rings (SSSR count). The number of carbonyl (C=O) groups is 1. The Labute approximate surface area is 172 Å². The Morgan fingerprint density at radius 3 is 2.03 bits per heavy atom. The lowest BCUT2D eigenvalue weighted by Gasteiger charge is -2.31. The van der Waals surface area contributed by atoms with E-state index in [9.17, 15) is 31.1 Å². The number of nitrogens with two attached hydrogens (primary N) is 1. The predicted molar refractivity (Wildman–Crippen MR) is 100 cm³/mol. The summed E-state index contributed by atoms with van der Waals surface area (Å²) in [5.41, 5.74) is 4.87. The molecule has 4 nitrogen and oxygen atoms in total. The van der Waals surface area contributed by atoms with Crippen LogP contribution in [0.1, 0.15) is 43.0 Å². The maximum absolute atomic E-state index is 13.2. The molecule has 0 saturated heterocycles. The van der Waals surface area contributed by atoms with Crippen LogP contribution in [0.4, 0.5) is 26.3 Å². The second kappa shape index (κ2) is 9.66. The maximum Gasteiger partial charge on any atom is 0.416 e. The molecule has 162 valence electrons. The van der Waals surface area contributed by atoms with Gasteiger partial charge in [-0.1, -0.05) is 26.8 Å². The van der Waals surface area contributed by atoms with Gasteiger partial charge in [-0.2, -0.15) is 26.3 Å². The number of rotatable bonds is 8. The number of nitrogens with one attached hydrogen (secondary N) is 1. The van der Waals surface area contributed by atoms with Gasteiger partial charge < -0.3 is 5.73 Å². The number of amides is 1. The van der Waals surface area contributed by atoms with Gasteiger partial charge in [0.2, 0.25) is 0 Å². The van der Waals surface area contributed by atoms with E-state index in [-0.39, 0.29) is 22.0 Å². The first kappa shape index (κ1) is 25.0. The fraction of sp³-hybridized carbons (Fsp3) is 0.389. The molecular weight excluding hydrogens is 468 g/mol. The number of alkyl halides is 6. The van der Waals surface area contributed by atoms with E-state index in [1.54, 1.807) is 13.8 Å². The number of halogens is 7. The van der Waals surface area contributed by atoms with Crippen LogP contribution in [0.3, 0.4) is 0 Å². The van der Waals surface area contributed by atoms with Crippen molar-refractivity contribution in [1.82, 2.24) is 10.4 Å². The summed E-state index contributed by atoms with van der Waals surface area (Å²) in [4.78, 5) is 11.2. The van der Waals surface area contributed by atoms with Crippen LogP contribution in [-0.2, 0) is 17.1 Å². The lowest BCUT2D eigenvalue weighted by molar-refractivity contribution is -0.143. The number of hydrazine groups is 1.